The second kappa shape index (κ2) is 42.6. The van der Waals surface area contributed by atoms with E-state index in [1.54, 1.807) is 121 Å². The fraction of sp³-hybridized carbons (Fsp3) is 0.274. The summed E-state index contributed by atoms with van der Waals surface area (Å²) in [6.07, 6.45) is 4.39. The van der Waals surface area contributed by atoms with E-state index in [0.717, 1.165) is 52.7 Å². The summed E-state index contributed by atoms with van der Waals surface area (Å²) in [7, 11) is -0.468. The zero-order valence-corrected chi connectivity index (χ0v) is 67.3. The minimum absolute atomic E-state index is 0. The summed E-state index contributed by atoms with van der Waals surface area (Å²) in [5.41, 5.74) is 0.837. The molecule has 4 aromatic carbocycles. The van der Waals surface area contributed by atoms with Crippen LogP contribution in [0.15, 0.2) is 216 Å². The molecule has 0 amide bonds. The first-order valence-electron chi connectivity index (χ1n) is 34.4. The van der Waals surface area contributed by atoms with Crippen LogP contribution in [0.2, 0.25) is 0 Å². The summed E-state index contributed by atoms with van der Waals surface area (Å²) >= 11 is 0. The molecule has 0 aliphatic rings. The SMILES string of the molecule is CC(O)C(=O)O.CC(O)C(=O)O.CC(O)C(=O)[O-].Cc1c(N=Nc2ccc(-n3nc(C)[c-](N=Nc4cc(S(N)(=O)=O)ccc4[O-])c3=O)cc2)c(O)n(CCCN(C)C)c(=O)c1-[n+]1ccccc1.Cc1c(N=Nc2ccc(-n3nc(C)[c-](N=Nc4cc(S(N)(=O)=O)ccc4[O-])c3=O)cc2)c(O)n(CCCN(C)C)c(=O)c1-[n+]1ccccc1.[Fe+3]. The molecule has 44 heteroatoms. The first kappa shape index (κ1) is 94.8. The maximum atomic E-state index is 13.5. The molecule has 0 aliphatic carbocycles. The van der Waals surface area contributed by atoms with Crippen LogP contribution in [0.5, 0.6) is 23.3 Å². The van der Waals surface area contributed by atoms with E-state index in [1.165, 1.54) is 36.8 Å². The van der Waals surface area contributed by atoms with E-state index in [9.17, 15) is 75.9 Å². The number of carboxylic acid groups (broad SMARTS) is 3. The van der Waals surface area contributed by atoms with Crippen molar-refractivity contribution < 1.29 is 108 Å². The van der Waals surface area contributed by atoms with Crippen LogP contribution in [-0.2, 0) is 64.6 Å². The van der Waals surface area contributed by atoms with Gasteiger partial charge in [-0.2, -0.15) is 29.6 Å². The predicted molar refractivity (Wildman–Crippen MR) is 410 cm³/mol. The first-order chi connectivity index (χ1) is 54.4. The van der Waals surface area contributed by atoms with Crippen molar-refractivity contribution in [2.75, 3.05) is 41.3 Å². The first-order valence-corrected chi connectivity index (χ1v) is 37.5. The second-order valence-corrected chi connectivity index (χ2v) is 28.7. The Hall–Kier alpha value is -12.8. The summed E-state index contributed by atoms with van der Waals surface area (Å²) in [5.74, 6) is -5.63. The molecule has 621 valence electrons. The number of hydrogen-bond donors (Lipinski definition) is 9. The molecule has 3 unspecified atom stereocenters. The summed E-state index contributed by atoms with van der Waals surface area (Å²) < 4.78 is 54.7. The number of sulfonamides is 2. The number of carboxylic acids is 3. The van der Waals surface area contributed by atoms with Gasteiger partial charge in [-0.25, -0.2) is 56.3 Å². The van der Waals surface area contributed by atoms with Gasteiger partial charge in [0, 0.05) is 37.4 Å². The van der Waals surface area contributed by atoms with Gasteiger partial charge in [0.15, 0.2) is 36.2 Å². The van der Waals surface area contributed by atoms with Crippen LogP contribution >= 0.6 is 0 Å². The number of benzene rings is 4. The molecule has 11 N–H and O–H groups in total. The third-order valence-corrected chi connectivity index (χ3v) is 17.8. The number of aryl methyl sites for hydroxylation is 2. The topological polar surface area (TPSA) is 609 Å². The normalized spacial score (nSPS) is 12.3. The molecule has 10 aromatic rings. The number of aromatic nitrogens is 8. The van der Waals surface area contributed by atoms with E-state index in [-0.39, 0.29) is 108 Å². The van der Waals surface area contributed by atoms with E-state index in [1.807, 2.05) is 50.1 Å². The number of carbonyl (C=O) groups excluding carboxylic acids is 1. The van der Waals surface area contributed by atoms with Gasteiger partial charge in [-0.3, -0.25) is 18.7 Å². The van der Waals surface area contributed by atoms with Crippen molar-refractivity contribution in [3.8, 4) is 46.0 Å². The summed E-state index contributed by atoms with van der Waals surface area (Å²) in [5, 5.41) is 147. The molecule has 3 atom stereocenters. The van der Waals surface area contributed by atoms with E-state index in [4.69, 9.17) is 35.8 Å². The number of carbonyl (C=O) groups is 3. The van der Waals surface area contributed by atoms with Crippen molar-refractivity contribution >= 4 is 83.5 Å². The summed E-state index contributed by atoms with van der Waals surface area (Å²) in [6.45, 7) is 11.9. The fourth-order valence-electron chi connectivity index (χ4n) is 9.86. The zero-order chi connectivity index (χ0) is 86.4. The third-order valence-electron chi connectivity index (χ3n) is 16.0. The van der Waals surface area contributed by atoms with Crippen LogP contribution in [0.4, 0.5) is 45.5 Å². The van der Waals surface area contributed by atoms with Gasteiger partial charge in [0.1, 0.15) is 23.3 Å². The number of nitrogens with two attached hydrogens (primary N) is 2. The molecule has 41 nitrogen and oxygen atoms in total. The van der Waals surface area contributed by atoms with Gasteiger partial charge < -0.3 is 85.5 Å². The monoisotopic (exact) mass is 1700 g/mol. The average Bonchev–Trinajstić information content (AvgIpc) is 1.58. The minimum atomic E-state index is -4.09. The molecule has 0 spiro atoms. The number of nitrogens with zero attached hydrogens (tertiary/aromatic N) is 18. The maximum Gasteiger partial charge on any atom is 3.00 e. The van der Waals surface area contributed by atoms with Crippen LogP contribution in [0, 0.1) is 27.7 Å². The van der Waals surface area contributed by atoms with E-state index in [2.05, 4.69) is 51.1 Å². The number of pyridine rings is 4. The Morgan fingerprint density at radius 1 is 0.521 bits per heavy atom. The Labute approximate surface area is 677 Å². The molecule has 117 heavy (non-hydrogen) atoms. The van der Waals surface area contributed by atoms with Gasteiger partial charge in [0.25, 0.3) is 11.4 Å². The largest absolute Gasteiger partial charge is 3.00 e. The second-order valence-electron chi connectivity index (χ2n) is 25.6. The number of primary sulfonamides is 2. The quantitative estimate of drug-likeness (QED) is 0.0171. The number of azo groups is 4. The molecule has 10 rings (SSSR count). The van der Waals surface area contributed by atoms with Crippen LogP contribution in [-0.4, -0.2) is 169 Å². The van der Waals surface area contributed by atoms with Crippen molar-refractivity contribution in [2.45, 2.75) is 103 Å². The Bertz CT molecular complexity index is 5420. The van der Waals surface area contributed by atoms with Gasteiger partial charge in [0.2, 0.25) is 31.8 Å². The minimum Gasteiger partial charge on any atom is -0.871 e. The molecule has 6 heterocycles. The fourth-order valence-corrected chi connectivity index (χ4v) is 10.9. The predicted octanol–water partition coefficient (Wildman–Crippen LogP) is 3.45. The number of rotatable bonds is 25. The molecule has 6 aromatic heterocycles. The third kappa shape index (κ3) is 26.1. The van der Waals surface area contributed by atoms with Gasteiger partial charge in [-0.05, 0) is 162 Å². The van der Waals surface area contributed by atoms with Crippen LogP contribution < -0.4 is 57.0 Å². The maximum absolute atomic E-state index is 13.5. The Balaban J connectivity index is 0.000000342. The van der Waals surface area contributed by atoms with Gasteiger partial charge in [0.05, 0.1) is 67.1 Å². The van der Waals surface area contributed by atoms with Crippen molar-refractivity contribution in [2.24, 2.45) is 51.2 Å². The molecule has 0 saturated carbocycles. The molecule has 0 saturated heterocycles. The number of hydrogen-bond acceptors (Lipinski definition) is 31. The summed E-state index contributed by atoms with van der Waals surface area (Å²) in [6, 6.07) is 29.6. The van der Waals surface area contributed by atoms with Crippen molar-refractivity contribution in [1.29, 1.82) is 0 Å². The molecular formula is C73H83FeN20O21S2. The number of aliphatic carboxylic acids is 3. The number of aliphatic hydroxyl groups is 3. The van der Waals surface area contributed by atoms with Gasteiger partial charge in [-0.1, -0.05) is 61.0 Å². The molecule has 1 radical (unpaired) electrons. The smallest absolute Gasteiger partial charge is 0.871 e. The molecule has 0 bridgehead atoms. The van der Waals surface area contributed by atoms with Crippen molar-refractivity contribution in [3.05, 3.63) is 210 Å². The Kier molecular flexibility index (Phi) is 34.5. The Morgan fingerprint density at radius 3 is 1.10 bits per heavy atom. The van der Waals surface area contributed by atoms with Crippen molar-refractivity contribution in [1.82, 2.24) is 38.5 Å². The van der Waals surface area contributed by atoms with Gasteiger partial charge in [-0.15, -0.1) is 21.6 Å². The van der Waals surface area contributed by atoms with Crippen LogP contribution in [0.25, 0.3) is 22.7 Å². The number of aromatic hydroxyl groups is 2. The standard InChI is InChI=1S/2C32H34N10O6S.3C3H6O3.Fe/c2*1-20-27(30(44)41(18-8-15-39(3)4)32(46)29(20)40-16-6-5-7-17-40)36-34-22-9-11-23(12-10-22)42-31(45)28(21(2)38-42)37-35-25-19-24(49(33,47)48)13-14-26(25)43;3*1-2(4)3(5)6;/h2*5-7,9-14,16-17,19,43-44H,8,15,18H2,1-4H3,(H2,33,47,48);3*2,4H,1H3,(H,5,6);/q;;;;;+3/p-3. The van der Waals surface area contributed by atoms with E-state index in [0.29, 0.717) is 71.2 Å². The van der Waals surface area contributed by atoms with Crippen molar-refractivity contribution in [3.63, 3.8) is 0 Å². The molecule has 0 fully saturated rings. The van der Waals surface area contributed by atoms with Crippen LogP contribution in [0.1, 0.15) is 56.1 Å². The summed E-state index contributed by atoms with van der Waals surface area (Å²) in [4.78, 5) is 84.9. The van der Waals surface area contributed by atoms with E-state index < -0.39 is 78.9 Å². The molecular weight excluding hydrogens is 1610 g/mol. The van der Waals surface area contributed by atoms with Crippen LogP contribution in [0.3, 0.4) is 0 Å². The molecule has 0 aliphatic heterocycles. The zero-order valence-electron chi connectivity index (χ0n) is 64.6. The van der Waals surface area contributed by atoms with E-state index >= 15 is 0 Å². The Morgan fingerprint density at radius 2 is 0.829 bits per heavy atom. The average molecular weight is 1700 g/mol. The number of aliphatic hydroxyl groups excluding tert-OH is 3. The van der Waals surface area contributed by atoms with Gasteiger partial charge >= 0.3 is 40.1 Å².